The SMILES string of the molecule is CCN=c1cc2oc3cc(NCCCNC(=O)[C@@H](NC(=O)OC(C)(C)C)C(C)C)c4ccccc4c3nc-2cc1C. The molecule has 0 fully saturated rings. The largest absolute Gasteiger partial charge is 0.453 e. The second-order valence-electron chi connectivity index (χ2n) is 11.6. The number of fused-ring (bicyclic) bond motifs is 4. The van der Waals surface area contributed by atoms with Crippen LogP contribution in [0, 0.1) is 12.8 Å². The third-order valence-corrected chi connectivity index (χ3v) is 6.63. The molecule has 1 heterocycles. The number of amides is 2. The van der Waals surface area contributed by atoms with E-state index in [1.54, 1.807) is 20.8 Å². The van der Waals surface area contributed by atoms with Crippen LogP contribution >= 0.6 is 0 Å². The summed E-state index contributed by atoms with van der Waals surface area (Å²) in [5.41, 5.74) is 3.66. The van der Waals surface area contributed by atoms with Crippen LogP contribution in [0.1, 0.15) is 53.5 Å². The molecule has 9 heteroatoms. The molecule has 9 nitrogen and oxygen atoms in total. The molecule has 0 bridgehead atoms. The highest BCUT2D eigenvalue weighted by Crippen LogP contribution is 2.34. The van der Waals surface area contributed by atoms with Gasteiger partial charge in [0.1, 0.15) is 22.9 Å². The summed E-state index contributed by atoms with van der Waals surface area (Å²) in [6.45, 7) is 15.0. The topological polar surface area (TPSA) is 118 Å². The van der Waals surface area contributed by atoms with Crippen molar-refractivity contribution in [2.45, 2.75) is 66.5 Å². The summed E-state index contributed by atoms with van der Waals surface area (Å²) in [4.78, 5) is 34.5. The van der Waals surface area contributed by atoms with Crippen molar-refractivity contribution in [3.05, 3.63) is 53.4 Å². The molecule has 0 radical (unpaired) electrons. The van der Waals surface area contributed by atoms with Gasteiger partial charge in [-0.05, 0) is 58.6 Å². The Morgan fingerprint density at radius 3 is 2.49 bits per heavy atom. The van der Waals surface area contributed by atoms with E-state index >= 15 is 0 Å². The minimum absolute atomic E-state index is 0.0892. The first-order chi connectivity index (χ1) is 19.5. The third kappa shape index (κ3) is 7.34. The Balaban J connectivity index is 1.46. The van der Waals surface area contributed by atoms with Crippen molar-refractivity contribution in [3.8, 4) is 11.5 Å². The number of hydrogen-bond donors (Lipinski definition) is 3. The summed E-state index contributed by atoms with van der Waals surface area (Å²) in [6, 6.07) is 13.4. The number of alkyl carbamates (subject to hydrolysis) is 1. The maximum atomic E-state index is 12.8. The predicted octanol–water partition coefficient (Wildman–Crippen LogP) is 5.78. The molecular weight excluding hydrogens is 518 g/mol. The molecule has 2 aromatic rings. The van der Waals surface area contributed by atoms with Gasteiger partial charge in [0.05, 0.1) is 5.36 Å². The van der Waals surface area contributed by atoms with E-state index in [2.05, 4.69) is 33.1 Å². The number of hydrogen-bond acceptors (Lipinski definition) is 7. The summed E-state index contributed by atoms with van der Waals surface area (Å²) in [6.07, 6.45) is 0.0823. The first kappa shape index (κ1) is 29.8. The van der Waals surface area contributed by atoms with Gasteiger partial charge in [0.2, 0.25) is 5.91 Å². The van der Waals surface area contributed by atoms with Crippen LogP contribution in [-0.4, -0.2) is 48.3 Å². The van der Waals surface area contributed by atoms with E-state index in [9.17, 15) is 9.59 Å². The lowest BCUT2D eigenvalue weighted by Gasteiger charge is -2.25. The van der Waals surface area contributed by atoms with Gasteiger partial charge >= 0.3 is 6.09 Å². The van der Waals surface area contributed by atoms with Crippen LogP contribution in [0.5, 0.6) is 0 Å². The van der Waals surface area contributed by atoms with E-state index in [1.165, 1.54) is 0 Å². The van der Waals surface area contributed by atoms with Gasteiger partial charge in [-0.1, -0.05) is 38.1 Å². The lowest BCUT2D eigenvalue weighted by Crippen LogP contribution is -2.51. The van der Waals surface area contributed by atoms with Gasteiger partial charge in [0, 0.05) is 48.2 Å². The smallest absolute Gasteiger partial charge is 0.408 e. The fourth-order valence-electron chi connectivity index (χ4n) is 4.69. The molecule has 0 unspecified atom stereocenters. The Hall–Kier alpha value is -4.14. The number of carbonyl (C=O) groups is 2. The van der Waals surface area contributed by atoms with Crippen molar-refractivity contribution in [3.63, 3.8) is 0 Å². The van der Waals surface area contributed by atoms with Gasteiger partial charge in [-0.2, -0.15) is 0 Å². The first-order valence-corrected chi connectivity index (χ1v) is 14.3. The lowest BCUT2D eigenvalue weighted by atomic mass is 10.0. The Labute approximate surface area is 241 Å². The van der Waals surface area contributed by atoms with Gasteiger partial charge in [-0.3, -0.25) is 9.79 Å². The predicted molar refractivity (Wildman–Crippen MR) is 163 cm³/mol. The van der Waals surface area contributed by atoms with Crippen LogP contribution in [0.25, 0.3) is 33.3 Å². The van der Waals surface area contributed by atoms with Crippen molar-refractivity contribution >= 4 is 39.6 Å². The third-order valence-electron chi connectivity index (χ3n) is 6.63. The van der Waals surface area contributed by atoms with Crippen molar-refractivity contribution in [2.24, 2.45) is 10.9 Å². The van der Waals surface area contributed by atoms with E-state index in [0.717, 1.165) is 38.6 Å². The van der Waals surface area contributed by atoms with Gasteiger partial charge in [0.25, 0.3) is 0 Å². The molecule has 2 aliphatic rings. The van der Waals surface area contributed by atoms with Crippen molar-refractivity contribution in [1.82, 2.24) is 15.6 Å². The molecule has 218 valence electrons. The van der Waals surface area contributed by atoms with E-state index in [-0.39, 0.29) is 11.8 Å². The Morgan fingerprint density at radius 1 is 1.07 bits per heavy atom. The summed E-state index contributed by atoms with van der Waals surface area (Å²) < 4.78 is 11.7. The van der Waals surface area contributed by atoms with Crippen molar-refractivity contribution < 1.29 is 18.7 Å². The van der Waals surface area contributed by atoms with Gasteiger partial charge in [0.15, 0.2) is 11.3 Å². The quantitative estimate of drug-likeness (QED) is 0.136. The summed E-state index contributed by atoms with van der Waals surface area (Å²) >= 11 is 0. The number of nitrogens with one attached hydrogen (secondary N) is 3. The second-order valence-corrected chi connectivity index (χ2v) is 11.6. The minimum Gasteiger partial charge on any atom is -0.453 e. The number of anilines is 1. The lowest BCUT2D eigenvalue weighted by molar-refractivity contribution is -0.124. The Kier molecular flexibility index (Phi) is 9.15. The number of benzene rings is 3. The van der Waals surface area contributed by atoms with Crippen molar-refractivity contribution in [2.75, 3.05) is 25.0 Å². The first-order valence-electron chi connectivity index (χ1n) is 14.3. The monoisotopic (exact) mass is 559 g/mol. The Bertz CT molecular complexity index is 1590. The van der Waals surface area contributed by atoms with Crippen LogP contribution < -0.4 is 21.3 Å². The fraction of sp³-hybridized carbons (Fsp3) is 0.438. The normalized spacial score (nSPS) is 13.1. The van der Waals surface area contributed by atoms with Gasteiger partial charge in [-0.25, -0.2) is 9.78 Å². The molecule has 2 amide bonds. The summed E-state index contributed by atoms with van der Waals surface area (Å²) in [7, 11) is 0. The maximum absolute atomic E-state index is 12.8. The van der Waals surface area contributed by atoms with Crippen LogP contribution in [0.2, 0.25) is 0 Å². The average molecular weight is 560 g/mol. The molecule has 4 rings (SSSR count). The maximum Gasteiger partial charge on any atom is 0.408 e. The molecule has 1 aliphatic heterocycles. The summed E-state index contributed by atoms with van der Waals surface area (Å²) in [5.74, 6) is 0.371. The van der Waals surface area contributed by atoms with Gasteiger partial charge < -0.3 is 25.1 Å². The van der Waals surface area contributed by atoms with Crippen LogP contribution in [0.3, 0.4) is 0 Å². The standard InChI is InChI=1S/C32H41N5O4/c1-8-33-23-17-26-25(16-20(23)4)36-29-22-13-10-9-12-21(22)24(18-27(29)40-26)34-14-11-15-35-30(38)28(19(2)3)37-31(39)41-32(5,6)7/h9-10,12-13,16-19,28,34H,8,11,14-15H2,1-7H3,(H,35,38)(H,37,39)/t28-/m0/s1. The number of aromatic nitrogens is 1. The number of rotatable bonds is 9. The molecular formula is C32H41N5O4. The number of aryl methyl sites for hydroxylation is 1. The fourth-order valence-corrected chi connectivity index (χ4v) is 4.69. The molecule has 0 saturated heterocycles. The van der Waals surface area contributed by atoms with Crippen LogP contribution in [0.15, 0.2) is 51.9 Å². The summed E-state index contributed by atoms with van der Waals surface area (Å²) in [5, 5.41) is 12.1. The molecule has 0 spiro atoms. The molecule has 1 atom stereocenters. The number of nitrogens with zero attached hydrogens (tertiary/aromatic N) is 2. The van der Waals surface area contributed by atoms with E-state index in [4.69, 9.17) is 14.1 Å². The molecule has 3 N–H and O–H groups in total. The highest BCUT2D eigenvalue weighted by molar-refractivity contribution is 6.10. The van der Waals surface area contributed by atoms with E-state index in [1.807, 2.05) is 58.0 Å². The highest BCUT2D eigenvalue weighted by atomic mass is 16.6. The van der Waals surface area contributed by atoms with E-state index in [0.29, 0.717) is 37.4 Å². The zero-order valence-corrected chi connectivity index (χ0v) is 25.1. The zero-order valence-electron chi connectivity index (χ0n) is 25.1. The van der Waals surface area contributed by atoms with Gasteiger partial charge in [-0.15, -0.1) is 0 Å². The zero-order chi connectivity index (χ0) is 29.7. The van der Waals surface area contributed by atoms with Crippen molar-refractivity contribution in [1.29, 1.82) is 0 Å². The van der Waals surface area contributed by atoms with Crippen LogP contribution in [-0.2, 0) is 9.53 Å². The molecule has 0 aromatic heterocycles. The molecule has 0 saturated carbocycles. The van der Waals surface area contributed by atoms with Crippen LogP contribution in [0.4, 0.5) is 10.5 Å². The second kappa shape index (κ2) is 12.6. The number of ether oxygens (including phenoxy) is 1. The number of carbonyl (C=O) groups excluding carboxylic acids is 2. The Morgan fingerprint density at radius 2 is 1.80 bits per heavy atom. The molecule has 41 heavy (non-hydrogen) atoms. The minimum atomic E-state index is -0.680. The molecule has 2 aromatic carbocycles. The van der Waals surface area contributed by atoms with E-state index < -0.39 is 17.7 Å². The molecule has 1 aliphatic carbocycles. The highest BCUT2D eigenvalue weighted by Gasteiger charge is 2.26. The average Bonchev–Trinajstić information content (AvgIpc) is 2.90.